The summed E-state index contributed by atoms with van der Waals surface area (Å²) in [5.41, 5.74) is 1.85. The summed E-state index contributed by atoms with van der Waals surface area (Å²) in [5.74, 6) is 0.791. The summed E-state index contributed by atoms with van der Waals surface area (Å²) in [6.45, 7) is 1.56. The van der Waals surface area contributed by atoms with Crippen LogP contribution in [-0.2, 0) is 6.42 Å². The number of halogens is 1. The van der Waals surface area contributed by atoms with Gasteiger partial charge in [0.1, 0.15) is 11.6 Å². The van der Waals surface area contributed by atoms with Crippen molar-refractivity contribution in [3.63, 3.8) is 0 Å². The second kappa shape index (κ2) is 8.57. The third-order valence-electron chi connectivity index (χ3n) is 5.23. The smallest absolute Gasteiger partial charge is 0.404 e. The Labute approximate surface area is 172 Å². The number of anilines is 1. The van der Waals surface area contributed by atoms with E-state index in [9.17, 15) is 14.3 Å². The fourth-order valence-electron chi connectivity index (χ4n) is 3.75. The molecule has 0 saturated carbocycles. The number of amides is 1. The van der Waals surface area contributed by atoms with Crippen LogP contribution in [0.1, 0.15) is 11.4 Å². The van der Waals surface area contributed by atoms with E-state index in [1.165, 1.54) is 12.1 Å². The molecule has 2 unspecified atom stereocenters. The van der Waals surface area contributed by atoms with Crippen molar-refractivity contribution in [1.29, 1.82) is 0 Å². The topological polar surface area (TPSA) is 78.3 Å². The summed E-state index contributed by atoms with van der Waals surface area (Å²) in [4.78, 5) is 22.3. The highest BCUT2D eigenvalue weighted by Gasteiger charge is 2.31. The van der Waals surface area contributed by atoms with Gasteiger partial charge in [-0.1, -0.05) is 12.1 Å². The van der Waals surface area contributed by atoms with Crippen molar-refractivity contribution in [3.05, 3.63) is 65.0 Å². The molecule has 1 saturated heterocycles. The number of thiazole rings is 1. The quantitative estimate of drug-likeness (QED) is 0.639. The number of nitrogens with zero attached hydrogens (tertiary/aromatic N) is 3. The Hall–Kier alpha value is -3.00. The normalized spacial score (nSPS) is 17.3. The summed E-state index contributed by atoms with van der Waals surface area (Å²) in [6, 6.07) is 10.1. The van der Waals surface area contributed by atoms with Gasteiger partial charge in [-0.3, -0.25) is 0 Å². The highest BCUT2D eigenvalue weighted by molar-refractivity contribution is 7.09. The molecule has 2 atom stereocenters. The van der Waals surface area contributed by atoms with Gasteiger partial charge in [-0.05, 0) is 42.2 Å². The molecule has 1 aromatic carbocycles. The van der Waals surface area contributed by atoms with Gasteiger partial charge in [0.15, 0.2) is 0 Å². The standard InChI is InChI=1S/C21H21FN4O2S/c22-17-4-1-14(2-5-17)15-3-6-19(24-12-15)26-9-7-16(13-26)18(25-21(27)28)11-20-23-8-10-29-20/h1-6,8,10,12,16,18,25H,7,9,11,13H2,(H,27,28). The molecular weight excluding hydrogens is 391 g/mol. The van der Waals surface area contributed by atoms with Gasteiger partial charge in [0.2, 0.25) is 0 Å². The van der Waals surface area contributed by atoms with Crippen LogP contribution in [0.2, 0.25) is 0 Å². The number of carbonyl (C=O) groups is 1. The average Bonchev–Trinajstić information content (AvgIpc) is 3.40. The van der Waals surface area contributed by atoms with E-state index < -0.39 is 6.09 Å². The summed E-state index contributed by atoms with van der Waals surface area (Å²) in [5, 5.41) is 14.7. The molecule has 150 valence electrons. The van der Waals surface area contributed by atoms with E-state index in [4.69, 9.17) is 0 Å². The minimum Gasteiger partial charge on any atom is -0.465 e. The summed E-state index contributed by atoms with van der Waals surface area (Å²) >= 11 is 1.54. The van der Waals surface area contributed by atoms with Crippen molar-refractivity contribution in [1.82, 2.24) is 15.3 Å². The van der Waals surface area contributed by atoms with E-state index in [1.54, 1.807) is 35.9 Å². The zero-order valence-corrected chi connectivity index (χ0v) is 16.5. The highest BCUT2D eigenvalue weighted by Crippen LogP contribution is 2.28. The molecule has 0 spiro atoms. The van der Waals surface area contributed by atoms with E-state index in [0.29, 0.717) is 6.42 Å². The van der Waals surface area contributed by atoms with Crippen molar-refractivity contribution in [3.8, 4) is 11.1 Å². The highest BCUT2D eigenvalue weighted by atomic mass is 32.1. The fourth-order valence-corrected chi connectivity index (χ4v) is 4.42. The molecule has 0 radical (unpaired) electrons. The lowest BCUT2D eigenvalue weighted by molar-refractivity contribution is 0.185. The van der Waals surface area contributed by atoms with Crippen LogP contribution in [0.4, 0.5) is 15.0 Å². The van der Waals surface area contributed by atoms with Crippen LogP contribution in [0, 0.1) is 11.7 Å². The van der Waals surface area contributed by atoms with Gasteiger partial charge in [0.25, 0.3) is 0 Å². The lowest BCUT2D eigenvalue weighted by atomic mass is 9.96. The molecule has 1 fully saturated rings. The largest absolute Gasteiger partial charge is 0.465 e. The van der Waals surface area contributed by atoms with Crippen LogP contribution in [0.25, 0.3) is 11.1 Å². The Kier molecular flexibility index (Phi) is 5.71. The molecule has 6 nitrogen and oxygen atoms in total. The first kappa shape index (κ1) is 19.3. The number of rotatable bonds is 6. The molecular formula is C21H21FN4O2S. The molecule has 1 aliphatic heterocycles. The maximum atomic E-state index is 13.1. The summed E-state index contributed by atoms with van der Waals surface area (Å²) < 4.78 is 13.1. The number of benzene rings is 1. The van der Waals surface area contributed by atoms with Gasteiger partial charge in [-0.15, -0.1) is 11.3 Å². The fraction of sp³-hybridized carbons (Fsp3) is 0.286. The third-order valence-corrected chi connectivity index (χ3v) is 6.03. The minimum absolute atomic E-state index is 0.179. The van der Waals surface area contributed by atoms with Crippen molar-refractivity contribution in [2.45, 2.75) is 18.9 Å². The average molecular weight is 412 g/mol. The number of hydrogen-bond acceptors (Lipinski definition) is 5. The van der Waals surface area contributed by atoms with Crippen LogP contribution < -0.4 is 10.2 Å². The molecule has 0 bridgehead atoms. The number of carboxylic acid groups (broad SMARTS) is 1. The van der Waals surface area contributed by atoms with Crippen molar-refractivity contribution < 1.29 is 14.3 Å². The van der Waals surface area contributed by atoms with Gasteiger partial charge in [0.05, 0.1) is 5.01 Å². The first-order chi connectivity index (χ1) is 14.1. The second-order valence-electron chi connectivity index (χ2n) is 7.09. The van der Waals surface area contributed by atoms with E-state index in [1.807, 2.05) is 17.5 Å². The molecule has 29 heavy (non-hydrogen) atoms. The number of hydrogen-bond donors (Lipinski definition) is 2. The van der Waals surface area contributed by atoms with Crippen LogP contribution in [-0.4, -0.2) is 40.3 Å². The first-order valence-corrected chi connectivity index (χ1v) is 10.3. The lowest BCUT2D eigenvalue weighted by Gasteiger charge is -2.23. The maximum Gasteiger partial charge on any atom is 0.404 e. The van der Waals surface area contributed by atoms with Gasteiger partial charge in [0, 0.05) is 48.9 Å². The molecule has 2 aromatic heterocycles. The SMILES string of the molecule is O=C(O)NC(Cc1nccs1)C1CCN(c2ccc(-c3ccc(F)cc3)cn2)C1. The molecule has 2 N–H and O–H groups in total. The van der Waals surface area contributed by atoms with Crippen LogP contribution in [0.3, 0.4) is 0 Å². The maximum absolute atomic E-state index is 13.1. The molecule has 1 amide bonds. The Morgan fingerprint density at radius 1 is 1.24 bits per heavy atom. The number of nitrogens with one attached hydrogen (secondary N) is 1. The predicted octanol–water partition coefficient (Wildman–Crippen LogP) is 4.05. The summed E-state index contributed by atoms with van der Waals surface area (Å²) in [6.07, 6.45) is 4.01. The van der Waals surface area contributed by atoms with Crippen molar-refractivity contribution >= 4 is 23.2 Å². The lowest BCUT2D eigenvalue weighted by Crippen LogP contribution is -2.42. The van der Waals surface area contributed by atoms with E-state index >= 15 is 0 Å². The Morgan fingerprint density at radius 3 is 2.69 bits per heavy atom. The van der Waals surface area contributed by atoms with Gasteiger partial charge in [-0.2, -0.15) is 0 Å². The second-order valence-corrected chi connectivity index (χ2v) is 8.07. The first-order valence-electron chi connectivity index (χ1n) is 9.43. The molecule has 3 heterocycles. The van der Waals surface area contributed by atoms with Crippen LogP contribution >= 0.6 is 11.3 Å². The molecule has 1 aliphatic rings. The number of pyridine rings is 1. The molecule has 4 rings (SSSR count). The predicted molar refractivity (Wildman–Crippen MR) is 111 cm³/mol. The van der Waals surface area contributed by atoms with Crippen LogP contribution in [0.5, 0.6) is 0 Å². The Balaban J connectivity index is 1.43. The molecule has 8 heteroatoms. The third kappa shape index (κ3) is 4.71. The van der Waals surface area contributed by atoms with Gasteiger partial charge >= 0.3 is 6.09 Å². The van der Waals surface area contributed by atoms with Gasteiger partial charge in [-0.25, -0.2) is 19.2 Å². The van der Waals surface area contributed by atoms with Gasteiger partial charge < -0.3 is 15.3 Å². The Morgan fingerprint density at radius 2 is 2.03 bits per heavy atom. The van der Waals surface area contributed by atoms with Crippen molar-refractivity contribution in [2.24, 2.45) is 5.92 Å². The van der Waals surface area contributed by atoms with E-state index in [-0.39, 0.29) is 17.8 Å². The zero-order chi connectivity index (χ0) is 20.2. The Bertz CT molecular complexity index is 948. The van der Waals surface area contributed by atoms with E-state index in [0.717, 1.165) is 41.5 Å². The monoisotopic (exact) mass is 412 g/mol. The van der Waals surface area contributed by atoms with Crippen molar-refractivity contribution in [2.75, 3.05) is 18.0 Å². The zero-order valence-electron chi connectivity index (χ0n) is 15.7. The van der Waals surface area contributed by atoms with Crippen LogP contribution in [0.15, 0.2) is 54.2 Å². The molecule has 0 aliphatic carbocycles. The molecule has 3 aromatic rings. The summed E-state index contributed by atoms with van der Waals surface area (Å²) in [7, 11) is 0. The number of aromatic nitrogens is 2. The minimum atomic E-state index is -1.01. The van der Waals surface area contributed by atoms with E-state index in [2.05, 4.69) is 20.2 Å².